The second-order valence-electron chi connectivity index (χ2n) is 3.06. The summed E-state index contributed by atoms with van der Waals surface area (Å²) in [5, 5.41) is 0. The van der Waals surface area contributed by atoms with E-state index >= 15 is 0 Å². The highest BCUT2D eigenvalue weighted by molar-refractivity contribution is 9.10. The van der Waals surface area contributed by atoms with Crippen molar-refractivity contribution >= 4 is 15.9 Å². The van der Waals surface area contributed by atoms with E-state index in [-0.39, 0.29) is 0 Å². The van der Waals surface area contributed by atoms with Crippen LogP contribution in [0.5, 0.6) is 5.75 Å². The fourth-order valence-electron chi connectivity index (χ4n) is 1.07. The van der Waals surface area contributed by atoms with E-state index in [0.29, 0.717) is 0 Å². The standard InChI is InChI=1S/C11H15BrO/c1-3-4-8-13-11-7-5-6-10(12)9(11)2/h5-7H,3-4,8H2,1-2H3. The van der Waals surface area contributed by atoms with Crippen LogP contribution in [0.3, 0.4) is 0 Å². The Labute approximate surface area is 88.2 Å². The summed E-state index contributed by atoms with van der Waals surface area (Å²) in [4.78, 5) is 0. The average Bonchev–Trinajstić information content (AvgIpc) is 2.13. The molecule has 0 spiro atoms. The van der Waals surface area contributed by atoms with E-state index in [1.54, 1.807) is 0 Å². The van der Waals surface area contributed by atoms with Gasteiger partial charge in [0.1, 0.15) is 5.75 Å². The highest BCUT2D eigenvalue weighted by atomic mass is 79.9. The van der Waals surface area contributed by atoms with Gasteiger partial charge in [0.05, 0.1) is 6.61 Å². The van der Waals surface area contributed by atoms with E-state index in [1.807, 2.05) is 18.2 Å². The second kappa shape index (κ2) is 5.28. The lowest BCUT2D eigenvalue weighted by Crippen LogP contribution is -1.98. The molecule has 0 saturated heterocycles. The second-order valence-corrected chi connectivity index (χ2v) is 3.92. The Balaban J connectivity index is 2.61. The lowest BCUT2D eigenvalue weighted by Gasteiger charge is -2.09. The Bertz CT molecular complexity index is 271. The number of rotatable bonds is 4. The van der Waals surface area contributed by atoms with Gasteiger partial charge in [-0.15, -0.1) is 0 Å². The normalized spacial score (nSPS) is 10.1. The summed E-state index contributed by atoms with van der Waals surface area (Å²) in [6, 6.07) is 6.04. The molecular weight excluding hydrogens is 228 g/mol. The zero-order valence-corrected chi connectivity index (χ0v) is 9.73. The topological polar surface area (TPSA) is 9.23 Å². The van der Waals surface area contributed by atoms with E-state index in [2.05, 4.69) is 29.8 Å². The summed E-state index contributed by atoms with van der Waals surface area (Å²) in [6.45, 7) is 5.04. The first-order valence-electron chi connectivity index (χ1n) is 4.63. The Morgan fingerprint density at radius 1 is 1.38 bits per heavy atom. The van der Waals surface area contributed by atoms with E-state index < -0.39 is 0 Å². The highest BCUT2D eigenvalue weighted by Gasteiger charge is 2.01. The van der Waals surface area contributed by atoms with Gasteiger partial charge in [-0.25, -0.2) is 0 Å². The molecule has 1 nitrogen and oxygen atoms in total. The Morgan fingerprint density at radius 2 is 2.15 bits per heavy atom. The zero-order chi connectivity index (χ0) is 9.68. The van der Waals surface area contributed by atoms with Crippen LogP contribution in [0, 0.1) is 6.92 Å². The van der Waals surface area contributed by atoms with Gasteiger partial charge in [0.25, 0.3) is 0 Å². The maximum atomic E-state index is 5.63. The molecule has 1 aromatic rings. The quantitative estimate of drug-likeness (QED) is 0.728. The largest absolute Gasteiger partial charge is 0.493 e. The molecule has 0 unspecified atom stereocenters. The van der Waals surface area contributed by atoms with E-state index in [1.165, 1.54) is 12.0 Å². The van der Waals surface area contributed by atoms with Gasteiger partial charge >= 0.3 is 0 Å². The molecular formula is C11H15BrO. The summed E-state index contributed by atoms with van der Waals surface area (Å²) in [7, 11) is 0. The monoisotopic (exact) mass is 242 g/mol. The Hall–Kier alpha value is -0.500. The number of halogens is 1. The van der Waals surface area contributed by atoms with Crippen molar-refractivity contribution in [3.8, 4) is 5.75 Å². The van der Waals surface area contributed by atoms with Gasteiger partial charge in [0, 0.05) is 10.0 Å². The molecule has 0 atom stereocenters. The Kier molecular flexibility index (Phi) is 4.29. The molecule has 72 valence electrons. The fraction of sp³-hybridized carbons (Fsp3) is 0.455. The van der Waals surface area contributed by atoms with Crippen LogP contribution >= 0.6 is 15.9 Å². The molecule has 2 heteroatoms. The van der Waals surface area contributed by atoms with Gasteiger partial charge in [0.15, 0.2) is 0 Å². The molecule has 0 aliphatic heterocycles. The van der Waals surface area contributed by atoms with Crippen LogP contribution in [-0.2, 0) is 0 Å². The summed E-state index contributed by atoms with van der Waals surface area (Å²) in [5.74, 6) is 0.989. The number of hydrogen-bond acceptors (Lipinski definition) is 1. The Morgan fingerprint density at radius 3 is 2.85 bits per heavy atom. The van der Waals surface area contributed by atoms with Crippen molar-refractivity contribution < 1.29 is 4.74 Å². The van der Waals surface area contributed by atoms with Gasteiger partial charge < -0.3 is 4.74 Å². The third kappa shape index (κ3) is 3.03. The SMILES string of the molecule is CCCCOc1cccc(Br)c1C. The molecule has 0 heterocycles. The van der Waals surface area contributed by atoms with Crippen LogP contribution < -0.4 is 4.74 Å². The van der Waals surface area contributed by atoms with E-state index in [0.717, 1.165) is 23.2 Å². The number of hydrogen-bond donors (Lipinski definition) is 0. The molecule has 0 aromatic heterocycles. The van der Waals surface area contributed by atoms with Gasteiger partial charge in [0.2, 0.25) is 0 Å². The molecule has 1 rings (SSSR count). The molecule has 0 saturated carbocycles. The highest BCUT2D eigenvalue weighted by Crippen LogP contribution is 2.25. The average molecular weight is 243 g/mol. The van der Waals surface area contributed by atoms with Gasteiger partial charge in [-0.2, -0.15) is 0 Å². The van der Waals surface area contributed by atoms with Crippen molar-refractivity contribution in [2.75, 3.05) is 6.61 Å². The molecule has 0 aliphatic rings. The third-order valence-corrected chi connectivity index (χ3v) is 2.83. The number of ether oxygens (including phenoxy) is 1. The van der Waals surface area contributed by atoms with Gasteiger partial charge in [-0.3, -0.25) is 0 Å². The lowest BCUT2D eigenvalue weighted by molar-refractivity contribution is 0.307. The minimum absolute atomic E-state index is 0.813. The zero-order valence-electron chi connectivity index (χ0n) is 8.14. The van der Waals surface area contributed by atoms with Crippen molar-refractivity contribution in [1.82, 2.24) is 0 Å². The molecule has 13 heavy (non-hydrogen) atoms. The third-order valence-electron chi connectivity index (χ3n) is 1.97. The van der Waals surface area contributed by atoms with Crippen LogP contribution in [-0.4, -0.2) is 6.61 Å². The smallest absolute Gasteiger partial charge is 0.123 e. The van der Waals surface area contributed by atoms with Crippen LogP contribution in [0.1, 0.15) is 25.3 Å². The van der Waals surface area contributed by atoms with Crippen LogP contribution in [0.25, 0.3) is 0 Å². The molecule has 0 amide bonds. The fourth-order valence-corrected chi connectivity index (χ4v) is 1.42. The van der Waals surface area contributed by atoms with Crippen molar-refractivity contribution in [2.24, 2.45) is 0 Å². The number of unbranched alkanes of at least 4 members (excludes halogenated alkanes) is 1. The molecule has 0 radical (unpaired) electrons. The minimum Gasteiger partial charge on any atom is -0.493 e. The van der Waals surface area contributed by atoms with Crippen molar-refractivity contribution in [3.05, 3.63) is 28.2 Å². The molecule has 0 bridgehead atoms. The van der Waals surface area contributed by atoms with Crippen LogP contribution in [0.4, 0.5) is 0 Å². The first kappa shape index (κ1) is 10.6. The molecule has 1 aromatic carbocycles. The molecule has 0 fully saturated rings. The van der Waals surface area contributed by atoms with E-state index in [9.17, 15) is 0 Å². The first-order valence-corrected chi connectivity index (χ1v) is 5.43. The van der Waals surface area contributed by atoms with Crippen LogP contribution in [0.15, 0.2) is 22.7 Å². The maximum Gasteiger partial charge on any atom is 0.123 e. The molecule has 0 N–H and O–H groups in total. The summed E-state index contributed by atoms with van der Waals surface area (Å²) in [6.07, 6.45) is 2.29. The van der Waals surface area contributed by atoms with Crippen molar-refractivity contribution in [2.45, 2.75) is 26.7 Å². The van der Waals surface area contributed by atoms with Crippen molar-refractivity contribution in [1.29, 1.82) is 0 Å². The van der Waals surface area contributed by atoms with Crippen molar-refractivity contribution in [3.63, 3.8) is 0 Å². The minimum atomic E-state index is 0.813. The summed E-state index contributed by atoms with van der Waals surface area (Å²) in [5.41, 5.74) is 1.18. The van der Waals surface area contributed by atoms with E-state index in [4.69, 9.17) is 4.74 Å². The lowest BCUT2D eigenvalue weighted by atomic mass is 10.2. The number of benzene rings is 1. The van der Waals surface area contributed by atoms with Crippen LogP contribution in [0.2, 0.25) is 0 Å². The van der Waals surface area contributed by atoms with Gasteiger partial charge in [-0.1, -0.05) is 35.3 Å². The summed E-state index contributed by atoms with van der Waals surface area (Å²) < 4.78 is 6.74. The summed E-state index contributed by atoms with van der Waals surface area (Å²) >= 11 is 3.48. The molecule has 0 aliphatic carbocycles. The maximum absolute atomic E-state index is 5.63. The predicted molar refractivity (Wildman–Crippen MR) is 59.3 cm³/mol. The first-order chi connectivity index (χ1) is 6.25. The predicted octanol–water partition coefficient (Wildman–Crippen LogP) is 3.94. The van der Waals surface area contributed by atoms with Gasteiger partial charge in [-0.05, 0) is 25.5 Å².